The van der Waals surface area contributed by atoms with E-state index < -0.39 is 28.5 Å². The normalized spacial score (nSPS) is 12.4. The molecular formula is C26H35Cl2N3O4S. The molecule has 2 aromatic rings. The molecule has 36 heavy (non-hydrogen) atoms. The highest BCUT2D eigenvalue weighted by atomic mass is 35.5. The van der Waals surface area contributed by atoms with Gasteiger partial charge in [-0.05, 0) is 55.5 Å². The van der Waals surface area contributed by atoms with Crippen molar-refractivity contribution in [3.05, 3.63) is 63.1 Å². The molecule has 0 saturated carbocycles. The second-order valence-corrected chi connectivity index (χ2v) is 12.1. The van der Waals surface area contributed by atoms with E-state index in [4.69, 9.17) is 23.2 Å². The van der Waals surface area contributed by atoms with E-state index in [-0.39, 0.29) is 18.4 Å². The van der Waals surface area contributed by atoms with Crippen LogP contribution in [0.15, 0.2) is 36.4 Å². The molecule has 0 aliphatic carbocycles. The maximum atomic E-state index is 13.8. The zero-order valence-electron chi connectivity index (χ0n) is 21.6. The summed E-state index contributed by atoms with van der Waals surface area (Å²) in [5.74, 6) is -0.636. The highest BCUT2D eigenvalue weighted by molar-refractivity contribution is 7.92. The molecule has 0 fully saturated rings. The lowest BCUT2D eigenvalue weighted by atomic mass is 10.1. The first-order valence-electron chi connectivity index (χ1n) is 11.8. The van der Waals surface area contributed by atoms with Gasteiger partial charge in [0.1, 0.15) is 12.6 Å². The van der Waals surface area contributed by atoms with E-state index in [0.29, 0.717) is 39.8 Å². The summed E-state index contributed by atoms with van der Waals surface area (Å²) in [6, 6.07) is 9.57. The van der Waals surface area contributed by atoms with Crippen LogP contribution in [-0.4, -0.2) is 50.5 Å². The number of hydrogen-bond acceptors (Lipinski definition) is 4. The summed E-state index contributed by atoms with van der Waals surface area (Å²) in [6.45, 7) is 9.31. The molecule has 2 rings (SSSR count). The second kappa shape index (κ2) is 12.8. The Kier molecular flexibility index (Phi) is 10.6. The van der Waals surface area contributed by atoms with Crippen LogP contribution < -0.4 is 9.62 Å². The summed E-state index contributed by atoms with van der Waals surface area (Å²) in [5.41, 5.74) is 2.47. The number of benzene rings is 2. The first-order chi connectivity index (χ1) is 16.8. The molecule has 0 unspecified atom stereocenters. The van der Waals surface area contributed by atoms with Gasteiger partial charge in [0.15, 0.2) is 0 Å². The zero-order chi connectivity index (χ0) is 27.2. The summed E-state index contributed by atoms with van der Waals surface area (Å²) in [4.78, 5) is 28.3. The van der Waals surface area contributed by atoms with Crippen LogP contribution in [0.25, 0.3) is 0 Å². The van der Waals surface area contributed by atoms with Gasteiger partial charge in [0.05, 0.1) is 11.9 Å². The third-order valence-electron chi connectivity index (χ3n) is 5.77. The molecule has 2 amide bonds. The first-order valence-corrected chi connectivity index (χ1v) is 14.4. The number of nitrogens with zero attached hydrogens (tertiary/aromatic N) is 2. The van der Waals surface area contributed by atoms with Crippen molar-refractivity contribution in [3.8, 4) is 0 Å². The van der Waals surface area contributed by atoms with Gasteiger partial charge in [0, 0.05) is 28.7 Å². The first kappa shape index (κ1) is 29.9. The number of rotatable bonds is 11. The molecule has 198 valence electrons. The molecule has 10 heteroatoms. The van der Waals surface area contributed by atoms with E-state index in [0.717, 1.165) is 16.1 Å². The summed E-state index contributed by atoms with van der Waals surface area (Å²) >= 11 is 12.8. The van der Waals surface area contributed by atoms with Crippen LogP contribution in [0.5, 0.6) is 0 Å². The average Bonchev–Trinajstić information content (AvgIpc) is 2.78. The molecule has 0 aromatic heterocycles. The van der Waals surface area contributed by atoms with Crippen LogP contribution in [-0.2, 0) is 26.2 Å². The molecule has 0 saturated heterocycles. The van der Waals surface area contributed by atoms with E-state index in [1.165, 1.54) is 4.90 Å². The van der Waals surface area contributed by atoms with Gasteiger partial charge in [-0.3, -0.25) is 13.9 Å². The number of sulfonamides is 1. The van der Waals surface area contributed by atoms with Gasteiger partial charge in [0.2, 0.25) is 21.8 Å². The summed E-state index contributed by atoms with van der Waals surface area (Å²) in [6.07, 6.45) is 1.38. The highest BCUT2D eigenvalue weighted by Crippen LogP contribution is 2.28. The fourth-order valence-corrected chi connectivity index (χ4v) is 5.19. The lowest BCUT2D eigenvalue weighted by molar-refractivity contribution is -0.140. The van der Waals surface area contributed by atoms with Crippen LogP contribution in [0, 0.1) is 19.8 Å². The van der Waals surface area contributed by atoms with Crippen molar-refractivity contribution < 1.29 is 18.0 Å². The molecule has 7 nitrogen and oxygen atoms in total. The Morgan fingerprint density at radius 3 is 2.19 bits per heavy atom. The van der Waals surface area contributed by atoms with Crippen molar-refractivity contribution >= 4 is 50.7 Å². The van der Waals surface area contributed by atoms with Crippen molar-refractivity contribution in [2.45, 2.75) is 53.6 Å². The largest absolute Gasteiger partial charge is 0.354 e. The predicted molar refractivity (Wildman–Crippen MR) is 147 cm³/mol. The molecular weight excluding hydrogens is 521 g/mol. The third kappa shape index (κ3) is 7.85. The van der Waals surface area contributed by atoms with E-state index in [1.807, 2.05) is 32.9 Å². The number of halogens is 2. The van der Waals surface area contributed by atoms with Crippen LogP contribution in [0.3, 0.4) is 0 Å². The number of carbonyl (C=O) groups excluding carboxylic acids is 2. The van der Waals surface area contributed by atoms with Gasteiger partial charge < -0.3 is 10.2 Å². The minimum absolute atomic E-state index is 0.0463. The lowest BCUT2D eigenvalue weighted by Gasteiger charge is -2.33. The Balaban J connectivity index is 2.53. The summed E-state index contributed by atoms with van der Waals surface area (Å²) in [7, 11) is -3.82. The van der Waals surface area contributed by atoms with E-state index in [9.17, 15) is 18.0 Å². The Bertz CT molecular complexity index is 1180. The Morgan fingerprint density at radius 1 is 1.06 bits per heavy atom. The number of hydrogen-bond donors (Lipinski definition) is 1. The average molecular weight is 557 g/mol. The van der Waals surface area contributed by atoms with Crippen LogP contribution in [0.2, 0.25) is 10.0 Å². The minimum Gasteiger partial charge on any atom is -0.354 e. The van der Waals surface area contributed by atoms with Crippen molar-refractivity contribution in [3.63, 3.8) is 0 Å². The standard InChI is InChI=1S/C26H35Cl2N3O4S/c1-7-23(26(33)29-14-17(2)3)30(15-20-21(27)9-8-10-22(20)28)25(32)16-31(36(6,34)35)24-13-18(4)11-12-19(24)5/h8-13,17,23H,7,14-16H2,1-6H3,(H,29,33)/t23-/m0/s1. The second-order valence-electron chi connectivity index (χ2n) is 9.34. The molecule has 0 aliphatic rings. The van der Waals surface area contributed by atoms with Crippen molar-refractivity contribution in [2.75, 3.05) is 23.7 Å². The zero-order valence-corrected chi connectivity index (χ0v) is 24.0. The van der Waals surface area contributed by atoms with Gasteiger partial charge in [-0.15, -0.1) is 0 Å². The molecule has 2 aromatic carbocycles. The fourth-order valence-electron chi connectivity index (χ4n) is 3.78. The van der Waals surface area contributed by atoms with E-state index in [2.05, 4.69) is 5.32 Å². The van der Waals surface area contributed by atoms with Gasteiger partial charge >= 0.3 is 0 Å². The summed E-state index contributed by atoms with van der Waals surface area (Å²) in [5, 5.41) is 3.59. The van der Waals surface area contributed by atoms with Crippen LogP contribution in [0.1, 0.15) is 43.9 Å². The Morgan fingerprint density at radius 2 is 1.67 bits per heavy atom. The van der Waals surface area contributed by atoms with Gasteiger partial charge in [-0.2, -0.15) is 0 Å². The molecule has 0 aliphatic heterocycles. The van der Waals surface area contributed by atoms with Crippen molar-refractivity contribution in [1.29, 1.82) is 0 Å². The lowest BCUT2D eigenvalue weighted by Crippen LogP contribution is -2.52. The van der Waals surface area contributed by atoms with Gasteiger partial charge in [0.25, 0.3) is 0 Å². The van der Waals surface area contributed by atoms with Gasteiger partial charge in [-0.25, -0.2) is 8.42 Å². The Hall–Kier alpha value is -2.29. The van der Waals surface area contributed by atoms with E-state index >= 15 is 0 Å². The van der Waals surface area contributed by atoms with E-state index in [1.54, 1.807) is 38.1 Å². The molecule has 1 atom stereocenters. The highest BCUT2D eigenvalue weighted by Gasteiger charge is 2.33. The maximum Gasteiger partial charge on any atom is 0.244 e. The van der Waals surface area contributed by atoms with Crippen molar-refractivity contribution in [2.24, 2.45) is 5.92 Å². The molecule has 0 spiro atoms. The van der Waals surface area contributed by atoms with Gasteiger partial charge in [-0.1, -0.05) is 62.2 Å². The number of amides is 2. The minimum atomic E-state index is -3.82. The van der Waals surface area contributed by atoms with Crippen LogP contribution in [0.4, 0.5) is 5.69 Å². The molecule has 0 heterocycles. The predicted octanol–water partition coefficient (Wildman–Crippen LogP) is 4.96. The number of nitrogens with one attached hydrogen (secondary N) is 1. The topological polar surface area (TPSA) is 86.8 Å². The smallest absolute Gasteiger partial charge is 0.244 e. The maximum absolute atomic E-state index is 13.8. The molecule has 1 N–H and O–H groups in total. The van der Waals surface area contributed by atoms with Crippen molar-refractivity contribution in [1.82, 2.24) is 10.2 Å². The Labute approximate surface area is 224 Å². The third-order valence-corrected chi connectivity index (χ3v) is 7.61. The van der Waals surface area contributed by atoms with Crippen LogP contribution >= 0.6 is 23.2 Å². The molecule has 0 bridgehead atoms. The molecule has 0 radical (unpaired) electrons. The summed E-state index contributed by atoms with van der Waals surface area (Å²) < 4.78 is 26.7. The number of aryl methyl sites for hydroxylation is 2. The number of carbonyl (C=O) groups is 2. The fraction of sp³-hybridized carbons (Fsp3) is 0.462. The monoisotopic (exact) mass is 555 g/mol. The SMILES string of the molecule is CC[C@@H](C(=O)NCC(C)C)N(Cc1c(Cl)cccc1Cl)C(=O)CN(c1cc(C)ccc1C)S(C)(=O)=O. The number of anilines is 1. The quantitative estimate of drug-likeness (QED) is 0.424.